The van der Waals surface area contributed by atoms with Gasteiger partial charge in [0.1, 0.15) is 0 Å². The molecule has 1 aromatic carbocycles. The topological polar surface area (TPSA) is 46.6 Å². The zero-order chi connectivity index (χ0) is 18.3. The average molecular weight is 345 g/mol. The number of carbonyl (C=O) groups is 2. The summed E-state index contributed by atoms with van der Waals surface area (Å²) < 4.78 is 4.94. The Morgan fingerprint density at radius 3 is 2.40 bits per heavy atom. The summed E-state index contributed by atoms with van der Waals surface area (Å²) in [4.78, 5) is 26.4. The van der Waals surface area contributed by atoms with Gasteiger partial charge in [0.15, 0.2) is 0 Å². The Balaban J connectivity index is 1.88. The third-order valence-corrected chi connectivity index (χ3v) is 5.39. The van der Waals surface area contributed by atoms with Gasteiger partial charge >= 0.3 is 5.97 Å². The Kier molecular flexibility index (Phi) is 7.03. The molecule has 0 spiro atoms. The van der Waals surface area contributed by atoms with Crippen molar-refractivity contribution in [3.05, 3.63) is 29.8 Å². The smallest absolute Gasteiger partial charge is 0.305 e. The van der Waals surface area contributed by atoms with E-state index in [1.807, 2.05) is 24.0 Å². The second-order valence-electron chi connectivity index (χ2n) is 6.73. The van der Waals surface area contributed by atoms with Crippen molar-refractivity contribution < 1.29 is 14.3 Å². The van der Waals surface area contributed by atoms with Gasteiger partial charge in [-0.05, 0) is 44.2 Å². The van der Waals surface area contributed by atoms with Crippen LogP contribution in [0.3, 0.4) is 0 Å². The first-order valence-corrected chi connectivity index (χ1v) is 9.67. The molecule has 0 aromatic heterocycles. The SMILES string of the molecule is CCOC(=O)CCCCCCN1C(=O)C(CC)(CC)c2ccccc21. The first-order valence-electron chi connectivity index (χ1n) is 9.67. The fraction of sp³-hybridized carbons (Fsp3) is 0.619. The Labute approximate surface area is 151 Å². The van der Waals surface area contributed by atoms with E-state index in [0.717, 1.165) is 50.8 Å². The molecule has 1 heterocycles. The molecule has 4 heteroatoms. The molecule has 0 saturated carbocycles. The number of nitrogens with zero attached hydrogens (tertiary/aromatic N) is 1. The summed E-state index contributed by atoms with van der Waals surface area (Å²) in [5, 5.41) is 0. The van der Waals surface area contributed by atoms with Gasteiger partial charge in [0.2, 0.25) is 5.91 Å². The Hall–Kier alpha value is -1.84. The van der Waals surface area contributed by atoms with Crippen LogP contribution in [0, 0.1) is 0 Å². The van der Waals surface area contributed by atoms with E-state index in [2.05, 4.69) is 26.0 Å². The van der Waals surface area contributed by atoms with Crippen molar-refractivity contribution >= 4 is 17.6 Å². The van der Waals surface area contributed by atoms with Crippen LogP contribution < -0.4 is 4.90 Å². The minimum Gasteiger partial charge on any atom is -0.466 e. The van der Waals surface area contributed by atoms with Crippen molar-refractivity contribution in [2.75, 3.05) is 18.1 Å². The number of hydrogen-bond donors (Lipinski definition) is 0. The first kappa shape index (κ1) is 19.5. The van der Waals surface area contributed by atoms with Gasteiger partial charge in [-0.25, -0.2) is 0 Å². The lowest BCUT2D eigenvalue weighted by Gasteiger charge is -2.26. The van der Waals surface area contributed by atoms with Crippen molar-refractivity contribution in [2.45, 2.75) is 71.1 Å². The summed E-state index contributed by atoms with van der Waals surface area (Å²) >= 11 is 0. The number of hydrogen-bond acceptors (Lipinski definition) is 3. The maximum absolute atomic E-state index is 13.1. The zero-order valence-electron chi connectivity index (χ0n) is 15.8. The maximum Gasteiger partial charge on any atom is 0.305 e. The third kappa shape index (κ3) is 4.05. The van der Waals surface area contributed by atoms with Crippen LogP contribution in [0.4, 0.5) is 5.69 Å². The molecule has 1 aliphatic heterocycles. The Morgan fingerprint density at radius 2 is 1.72 bits per heavy atom. The second kappa shape index (κ2) is 9.02. The predicted molar refractivity (Wildman–Crippen MR) is 101 cm³/mol. The fourth-order valence-corrected chi connectivity index (χ4v) is 3.88. The van der Waals surface area contributed by atoms with E-state index in [-0.39, 0.29) is 17.3 Å². The lowest BCUT2D eigenvalue weighted by Crippen LogP contribution is -2.40. The Morgan fingerprint density at radius 1 is 1.04 bits per heavy atom. The van der Waals surface area contributed by atoms with Gasteiger partial charge in [-0.2, -0.15) is 0 Å². The number of rotatable bonds is 10. The molecule has 0 saturated heterocycles. The predicted octanol–water partition coefficient (Wildman–Crippen LogP) is 4.60. The summed E-state index contributed by atoms with van der Waals surface area (Å²) in [5.41, 5.74) is 1.93. The molecule has 1 amide bonds. The number of carbonyl (C=O) groups excluding carboxylic acids is 2. The Bertz CT molecular complexity index is 593. The van der Waals surface area contributed by atoms with Crippen molar-refractivity contribution in [1.82, 2.24) is 0 Å². The molecule has 0 fully saturated rings. The van der Waals surface area contributed by atoms with Crippen molar-refractivity contribution in [3.8, 4) is 0 Å². The molecule has 1 aromatic rings. The van der Waals surface area contributed by atoms with Crippen molar-refractivity contribution in [3.63, 3.8) is 0 Å². The van der Waals surface area contributed by atoms with Gasteiger partial charge in [0.25, 0.3) is 0 Å². The van der Waals surface area contributed by atoms with Crippen LogP contribution in [0.5, 0.6) is 0 Å². The summed E-state index contributed by atoms with van der Waals surface area (Å²) in [7, 11) is 0. The number of para-hydroxylation sites is 1. The lowest BCUT2D eigenvalue weighted by atomic mass is 9.77. The lowest BCUT2D eigenvalue weighted by molar-refractivity contribution is -0.143. The first-order chi connectivity index (χ1) is 12.1. The maximum atomic E-state index is 13.1. The summed E-state index contributed by atoms with van der Waals surface area (Å²) in [6.07, 6.45) is 6.02. The minimum absolute atomic E-state index is 0.109. The van der Waals surface area contributed by atoms with Crippen LogP contribution in [0.1, 0.15) is 71.3 Å². The molecule has 0 radical (unpaired) electrons. The molecule has 2 rings (SSSR count). The number of anilines is 1. The molecule has 4 nitrogen and oxygen atoms in total. The van der Waals surface area contributed by atoms with E-state index in [1.165, 1.54) is 5.56 Å². The zero-order valence-corrected chi connectivity index (χ0v) is 15.8. The number of fused-ring (bicyclic) bond motifs is 1. The van der Waals surface area contributed by atoms with Crippen LogP contribution in [0.2, 0.25) is 0 Å². The average Bonchev–Trinajstić information content (AvgIpc) is 2.86. The van der Waals surface area contributed by atoms with Crippen LogP contribution >= 0.6 is 0 Å². The van der Waals surface area contributed by atoms with E-state index < -0.39 is 0 Å². The van der Waals surface area contributed by atoms with Crippen LogP contribution in [-0.4, -0.2) is 25.0 Å². The van der Waals surface area contributed by atoms with Crippen LogP contribution in [-0.2, 0) is 19.7 Å². The molecule has 0 atom stereocenters. The van der Waals surface area contributed by atoms with Crippen molar-refractivity contribution in [1.29, 1.82) is 0 Å². The van der Waals surface area contributed by atoms with Crippen LogP contribution in [0.25, 0.3) is 0 Å². The van der Waals surface area contributed by atoms with Gasteiger partial charge in [-0.15, -0.1) is 0 Å². The minimum atomic E-state index is -0.347. The highest BCUT2D eigenvalue weighted by Crippen LogP contribution is 2.46. The van der Waals surface area contributed by atoms with Gasteiger partial charge in [0, 0.05) is 18.7 Å². The van der Waals surface area contributed by atoms with Crippen LogP contribution in [0.15, 0.2) is 24.3 Å². The molecule has 25 heavy (non-hydrogen) atoms. The monoisotopic (exact) mass is 345 g/mol. The molecule has 0 N–H and O–H groups in total. The summed E-state index contributed by atoms with van der Waals surface area (Å²) in [5.74, 6) is 0.145. The van der Waals surface area contributed by atoms with Gasteiger partial charge in [-0.1, -0.05) is 44.9 Å². The number of unbranched alkanes of at least 4 members (excludes halogenated alkanes) is 3. The normalized spacial score (nSPS) is 15.3. The van der Waals surface area contributed by atoms with E-state index in [4.69, 9.17) is 4.74 Å². The fourth-order valence-electron chi connectivity index (χ4n) is 3.88. The summed E-state index contributed by atoms with van der Waals surface area (Å²) in [6, 6.07) is 8.23. The number of ether oxygens (including phenoxy) is 1. The van der Waals surface area contributed by atoms with Crippen molar-refractivity contribution in [2.24, 2.45) is 0 Å². The second-order valence-corrected chi connectivity index (χ2v) is 6.73. The molecule has 138 valence electrons. The van der Waals surface area contributed by atoms with E-state index in [0.29, 0.717) is 13.0 Å². The molecule has 0 bridgehead atoms. The largest absolute Gasteiger partial charge is 0.466 e. The molecular formula is C21H31NO3. The highest BCUT2D eigenvalue weighted by Gasteiger charge is 2.47. The van der Waals surface area contributed by atoms with E-state index in [1.54, 1.807) is 0 Å². The number of esters is 1. The van der Waals surface area contributed by atoms with E-state index >= 15 is 0 Å². The standard InChI is InChI=1S/C21H31NO3/c1-4-21(5-2)17-13-10-11-14-18(17)22(20(21)24)16-12-8-7-9-15-19(23)25-6-3/h10-11,13-14H,4-9,12,15-16H2,1-3H3. The van der Waals surface area contributed by atoms with Gasteiger partial charge in [0.05, 0.1) is 12.0 Å². The van der Waals surface area contributed by atoms with Gasteiger partial charge < -0.3 is 9.64 Å². The van der Waals surface area contributed by atoms with E-state index in [9.17, 15) is 9.59 Å². The third-order valence-electron chi connectivity index (χ3n) is 5.39. The summed E-state index contributed by atoms with van der Waals surface area (Å²) in [6.45, 7) is 7.26. The van der Waals surface area contributed by atoms with Gasteiger partial charge in [-0.3, -0.25) is 9.59 Å². The number of amides is 1. The highest BCUT2D eigenvalue weighted by atomic mass is 16.5. The molecule has 0 aliphatic carbocycles. The molecule has 1 aliphatic rings. The highest BCUT2D eigenvalue weighted by molar-refractivity contribution is 6.08. The molecule has 0 unspecified atom stereocenters. The number of benzene rings is 1. The quantitative estimate of drug-likeness (QED) is 0.460. The molecular weight excluding hydrogens is 314 g/mol.